The lowest BCUT2D eigenvalue weighted by Gasteiger charge is -2.24. The number of likely N-dealkylation sites (N-methyl/N-ethyl adjacent to an activating group) is 1. The lowest BCUT2D eigenvalue weighted by molar-refractivity contribution is -0.113. The summed E-state index contributed by atoms with van der Waals surface area (Å²) in [6, 6.07) is 6.44. The Balaban J connectivity index is 2.28. The van der Waals surface area contributed by atoms with Crippen LogP contribution in [0.3, 0.4) is 0 Å². The molecule has 0 aromatic heterocycles. The largest absolute Gasteiger partial charge is 0.324 e. The molecule has 3 nitrogen and oxygen atoms in total. The number of rotatable bonds is 4. The van der Waals surface area contributed by atoms with Gasteiger partial charge in [0.15, 0.2) is 0 Å². The molecule has 1 aromatic carbocycles. The van der Waals surface area contributed by atoms with Crippen LogP contribution in [0, 0.1) is 5.92 Å². The highest BCUT2D eigenvalue weighted by atomic mass is 32.2. The van der Waals surface area contributed by atoms with Crippen LogP contribution in [0.15, 0.2) is 23.1 Å². The van der Waals surface area contributed by atoms with Crippen molar-refractivity contribution in [2.75, 3.05) is 24.7 Å². The molecular formula is C14H20N2OS. The zero-order chi connectivity index (χ0) is 13.1. The van der Waals surface area contributed by atoms with Crippen molar-refractivity contribution >= 4 is 23.4 Å². The Hall–Kier alpha value is -1.000. The lowest BCUT2D eigenvalue weighted by Crippen LogP contribution is -2.23. The van der Waals surface area contributed by atoms with Crippen molar-refractivity contribution in [1.29, 1.82) is 0 Å². The van der Waals surface area contributed by atoms with Crippen LogP contribution in [0.25, 0.3) is 0 Å². The lowest BCUT2D eigenvalue weighted by atomic mass is 9.88. The van der Waals surface area contributed by atoms with Crippen LogP contribution >= 0.6 is 11.8 Å². The number of anilines is 1. The van der Waals surface area contributed by atoms with Gasteiger partial charge in [-0.2, -0.15) is 0 Å². The third-order valence-electron chi connectivity index (χ3n) is 3.29. The van der Waals surface area contributed by atoms with Crippen LogP contribution in [0.5, 0.6) is 0 Å². The molecule has 0 spiro atoms. The summed E-state index contributed by atoms with van der Waals surface area (Å²) in [4.78, 5) is 12.6. The Morgan fingerprint density at radius 3 is 2.89 bits per heavy atom. The van der Waals surface area contributed by atoms with E-state index in [1.54, 1.807) is 11.8 Å². The Labute approximate surface area is 113 Å². The van der Waals surface area contributed by atoms with E-state index in [0.717, 1.165) is 12.2 Å². The minimum atomic E-state index is 0.0966. The van der Waals surface area contributed by atoms with Gasteiger partial charge in [-0.25, -0.2) is 0 Å². The second-order valence-electron chi connectivity index (χ2n) is 5.00. The zero-order valence-electron chi connectivity index (χ0n) is 11.1. The number of hydrogen-bond acceptors (Lipinski definition) is 3. The predicted molar refractivity (Wildman–Crippen MR) is 77.3 cm³/mol. The fourth-order valence-corrected chi connectivity index (χ4v) is 3.08. The summed E-state index contributed by atoms with van der Waals surface area (Å²) in [5.74, 6) is 1.67. The Morgan fingerprint density at radius 1 is 1.44 bits per heavy atom. The van der Waals surface area contributed by atoms with Crippen LogP contribution in [0.2, 0.25) is 0 Å². The summed E-state index contributed by atoms with van der Waals surface area (Å²) in [7, 11) is 1.98. The SMILES string of the molecule is CNCC(c1ccc2c(c1)NC(=O)CS2)C(C)C. The van der Waals surface area contributed by atoms with Crippen molar-refractivity contribution in [3.63, 3.8) is 0 Å². The van der Waals surface area contributed by atoms with Gasteiger partial charge in [-0.05, 0) is 36.6 Å². The fraction of sp³-hybridized carbons (Fsp3) is 0.500. The van der Waals surface area contributed by atoms with E-state index in [-0.39, 0.29) is 5.91 Å². The van der Waals surface area contributed by atoms with Gasteiger partial charge in [0, 0.05) is 11.4 Å². The maximum Gasteiger partial charge on any atom is 0.234 e. The number of fused-ring (bicyclic) bond motifs is 1. The molecule has 98 valence electrons. The molecule has 0 aliphatic carbocycles. The first-order chi connectivity index (χ1) is 8.61. The number of thioether (sulfide) groups is 1. The van der Waals surface area contributed by atoms with E-state index in [1.165, 1.54) is 10.5 Å². The van der Waals surface area contributed by atoms with E-state index in [0.29, 0.717) is 17.6 Å². The van der Waals surface area contributed by atoms with E-state index in [1.807, 2.05) is 7.05 Å². The highest BCUT2D eigenvalue weighted by molar-refractivity contribution is 8.00. The van der Waals surface area contributed by atoms with Crippen molar-refractivity contribution in [2.24, 2.45) is 5.92 Å². The van der Waals surface area contributed by atoms with Crippen molar-refractivity contribution in [3.05, 3.63) is 23.8 Å². The van der Waals surface area contributed by atoms with Crippen molar-refractivity contribution in [3.8, 4) is 0 Å². The molecule has 0 saturated heterocycles. The quantitative estimate of drug-likeness (QED) is 0.878. The van der Waals surface area contributed by atoms with E-state index < -0.39 is 0 Å². The number of benzene rings is 1. The average molecular weight is 264 g/mol. The topological polar surface area (TPSA) is 41.1 Å². The Kier molecular flexibility index (Phi) is 4.30. The third kappa shape index (κ3) is 2.87. The van der Waals surface area contributed by atoms with Gasteiger partial charge >= 0.3 is 0 Å². The molecule has 1 aliphatic heterocycles. The smallest absolute Gasteiger partial charge is 0.234 e. The maximum absolute atomic E-state index is 11.4. The molecule has 4 heteroatoms. The molecule has 0 fully saturated rings. The summed E-state index contributed by atoms with van der Waals surface area (Å²) >= 11 is 1.61. The summed E-state index contributed by atoms with van der Waals surface area (Å²) < 4.78 is 0. The monoisotopic (exact) mass is 264 g/mol. The molecule has 1 atom stereocenters. The van der Waals surface area contributed by atoms with E-state index in [2.05, 4.69) is 42.7 Å². The second kappa shape index (κ2) is 5.76. The van der Waals surface area contributed by atoms with E-state index >= 15 is 0 Å². The third-order valence-corrected chi connectivity index (χ3v) is 4.37. The minimum Gasteiger partial charge on any atom is -0.324 e. The number of carbonyl (C=O) groups is 1. The van der Waals surface area contributed by atoms with Crippen LogP contribution < -0.4 is 10.6 Å². The molecule has 0 saturated carbocycles. The number of carbonyl (C=O) groups excluding carboxylic acids is 1. The van der Waals surface area contributed by atoms with Gasteiger partial charge in [-0.1, -0.05) is 19.9 Å². The predicted octanol–water partition coefficient (Wildman–Crippen LogP) is 2.69. The first kappa shape index (κ1) is 13.4. The molecule has 2 rings (SSSR count). The minimum absolute atomic E-state index is 0.0966. The number of hydrogen-bond donors (Lipinski definition) is 2. The molecule has 0 radical (unpaired) electrons. The van der Waals surface area contributed by atoms with Gasteiger partial charge in [0.1, 0.15) is 0 Å². The van der Waals surface area contributed by atoms with Crippen LogP contribution in [0.1, 0.15) is 25.3 Å². The molecule has 2 N–H and O–H groups in total. The van der Waals surface area contributed by atoms with Gasteiger partial charge < -0.3 is 10.6 Å². The van der Waals surface area contributed by atoms with Crippen molar-refractivity contribution in [1.82, 2.24) is 5.32 Å². The summed E-state index contributed by atoms with van der Waals surface area (Å²) in [6.45, 7) is 5.42. The second-order valence-corrected chi connectivity index (χ2v) is 6.02. The normalized spacial score (nSPS) is 16.3. The van der Waals surface area contributed by atoms with Crippen molar-refractivity contribution < 1.29 is 4.79 Å². The summed E-state index contributed by atoms with van der Waals surface area (Å²) in [6.07, 6.45) is 0. The van der Waals surface area contributed by atoms with Gasteiger partial charge in [-0.3, -0.25) is 4.79 Å². The summed E-state index contributed by atoms with van der Waals surface area (Å²) in [5, 5.41) is 6.20. The van der Waals surface area contributed by atoms with E-state index in [4.69, 9.17) is 0 Å². The maximum atomic E-state index is 11.4. The van der Waals surface area contributed by atoms with Gasteiger partial charge in [0.05, 0.1) is 11.4 Å². The van der Waals surface area contributed by atoms with Crippen LogP contribution in [-0.4, -0.2) is 25.3 Å². The van der Waals surface area contributed by atoms with Crippen LogP contribution in [0.4, 0.5) is 5.69 Å². The first-order valence-electron chi connectivity index (χ1n) is 6.33. The Bertz CT molecular complexity index is 445. The first-order valence-corrected chi connectivity index (χ1v) is 7.31. The molecular weight excluding hydrogens is 244 g/mol. The average Bonchev–Trinajstić information content (AvgIpc) is 2.34. The molecule has 1 heterocycles. The van der Waals surface area contributed by atoms with Crippen LogP contribution in [-0.2, 0) is 4.79 Å². The van der Waals surface area contributed by atoms with E-state index in [9.17, 15) is 4.79 Å². The zero-order valence-corrected chi connectivity index (χ0v) is 11.9. The van der Waals surface area contributed by atoms with Crippen molar-refractivity contribution in [2.45, 2.75) is 24.7 Å². The molecule has 1 amide bonds. The fourth-order valence-electron chi connectivity index (χ4n) is 2.29. The highest BCUT2D eigenvalue weighted by Gasteiger charge is 2.19. The summed E-state index contributed by atoms with van der Waals surface area (Å²) in [5.41, 5.74) is 2.26. The van der Waals surface area contributed by atoms with Gasteiger partial charge in [-0.15, -0.1) is 11.8 Å². The number of nitrogens with one attached hydrogen (secondary N) is 2. The molecule has 1 unspecified atom stereocenters. The number of amides is 1. The standard InChI is InChI=1S/C14H20N2OS/c1-9(2)11(7-15-3)10-4-5-13-12(6-10)16-14(17)8-18-13/h4-6,9,11,15H,7-8H2,1-3H3,(H,16,17). The molecule has 18 heavy (non-hydrogen) atoms. The molecule has 1 aromatic rings. The Morgan fingerprint density at radius 2 is 2.22 bits per heavy atom. The van der Waals surface area contributed by atoms with Gasteiger partial charge in [0.25, 0.3) is 0 Å². The van der Waals surface area contributed by atoms with Gasteiger partial charge in [0.2, 0.25) is 5.91 Å². The molecule has 0 bridgehead atoms. The highest BCUT2D eigenvalue weighted by Crippen LogP contribution is 2.35. The molecule has 1 aliphatic rings.